The standard InChI is InChI=1S/C16H21BrN2O2S/c17-14-3-1-2-13(10-14)11-18-4-7-21-15(12-18)16(20)19-5-8-22-9-6-19/h1-3,10,15H,4-9,11-12H2. The summed E-state index contributed by atoms with van der Waals surface area (Å²) in [4.78, 5) is 16.8. The Hall–Kier alpha value is -0.560. The van der Waals surface area contributed by atoms with E-state index in [0.717, 1.165) is 42.2 Å². The number of hydrogen-bond acceptors (Lipinski definition) is 4. The largest absolute Gasteiger partial charge is 0.366 e. The van der Waals surface area contributed by atoms with Crippen molar-refractivity contribution >= 4 is 33.6 Å². The van der Waals surface area contributed by atoms with Crippen molar-refractivity contribution in [2.45, 2.75) is 12.6 Å². The Balaban J connectivity index is 1.57. The predicted octanol–water partition coefficient (Wildman–Crippen LogP) is 2.23. The fourth-order valence-electron chi connectivity index (χ4n) is 2.88. The molecule has 3 rings (SSSR count). The molecule has 1 amide bonds. The van der Waals surface area contributed by atoms with Crippen molar-refractivity contribution in [1.29, 1.82) is 0 Å². The van der Waals surface area contributed by atoms with Crippen molar-refractivity contribution in [2.75, 3.05) is 44.3 Å². The third-order valence-electron chi connectivity index (χ3n) is 4.04. The molecule has 0 aliphatic carbocycles. The molecule has 4 nitrogen and oxygen atoms in total. The Bertz CT molecular complexity index is 523. The van der Waals surface area contributed by atoms with E-state index in [1.165, 1.54) is 5.56 Å². The van der Waals surface area contributed by atoms with Crippen LogP contribution in [0, 0.1) is 0 Å². The second-order valence-corrected chi connectivity index (χ2v) is 7.80. The van der Waals surface area contributed by atoms with Gasteiger partial charge in [-0.3, -0.25) is 9.69 Å². The van der Waals surface area contributed by atoms with Crippen LogP contribution in [0.5, 0.6) is 0 Å². The number of thioether (sulfide) groups is 1. The van der Waals surface area contributed by atoms with Crippen LogP contribution in [0.25, 0.3) is 0 Å². The lowest BCUT2D eigenvalue weighted by atomic mass is 10.1. The second-order valence-electron chi connectivity index (χ2n) is 5.66. The highest BCUT2D eigenvalue weighted by Gasteiger charge is 2.30. The van der Waals surface area contributed by atoms with Crippen LogP contribution in [-0.4, -0.2) is 66.1 Å². The smallest absolute Gasteiger partial charge is 0.253 e. The first-order chi connectivity index (χ1) is 10.7. The molecule has 2 fully saturated rings. The Morgan fingerprint density at radius 2 is 2.14 bits per heavy atom. The summed E-state index contributed by atoms with van der Waals surface area (Å²) in [7, 11) is 0. The van der Waals surface area contributed by atoms with Crippen molar-refractivity contribution in [3.63, 3.8) is 0 Å². The van der Waals surface area contributed by atoms with Crippen molar-refractivity contribution < 1.29 is 9.53 Å². The maximum Gasteiger partial charge on any atom is 0.253 e. The van der Waals surface area contributed by atoms with Gasteiger partial charge in [-0.1, -0.05) is 28.1 Å². The normalized spacial score (nSPS) is 23.5. The van der Waals surface area contributed by atoms with E-state index in [4.69, 9.17) is 4.74 Å². The van der Waals surface area contributed by atoms with Crippen molar-refractivity contribution in [3.8, 4) is 0 Å². The molecule has 0 N–H and O–H groups in total. The van der Waals surface area contributed by atoms with E-state index in [2.05, 4.69) is 33.0 Å². The maximum atomic E-state index is 12.6. The number of ether oxygens (including phenoxy) is 1. The van der Waals surface area contributed by atoms with Crippen LogP contribution in [0.15, 0.2) is 28.7 Å². The van der Waals surface area contributed by atoms with Gasteiger partial charge in [-0.2, -0.15) is 11.8 Å². The van der Waals surface area contributed by atoms with Crippen LogP contribution in [0.2, 0.25) is 0 Å². The molecule has 0 bridgehead atoms. The first kappa shape index (κ1) is 16.3. The first-order valence-corrected chi connectivity index (χ1v) is 9.62. The Morgan fingerprint density at radius 3 is 2.91 bits per heavy atom. The lowest BCUT2D eigenvalue weighted by Gasteiger charge is -2.36. The number of amides is 1. The van der Waals surface area contributed by atoms with Crippen LogP contribution in [-0.2, 0) is 16.1 Å². The summed E-state index contributed by atoms with van der Waals surface area (Å²) in [6.07, 6.45) is -0.302. The van der Waals surface area contributed by atoms with Gasteiger partial charge in [0.05, 0.1) is 6.61 Å². The highest BCUT2D eigenvalue weighted by molar-refractivity contribution is 9.10. The van der Waals surface area contributed by atoms with Crippen LogP contribution in [0.4, 0.5) is 0 Å². The molecular formula is C16H21BrN2O2S. The minimum absolute atomic E-state index is 0.166. The lowest BCUT2D eigenvalue weighted by Crippen LogP contribution is -2.52. The van der Waals surface area contributed by atoms with Gasteiger partial charge in [0.2, 0.25) is 0 Å². The molecular weight excluding hydrogens is 364 g/mol. The van der Waals surface area contributed by atoms with Gasteiger partial charge in [0.1, 0.15) is 6.10 Å². The van der Waals surface area contributed by atoms with Crippen LogP contribution < -0.4 is 0 Å². The molecule has 0 saturated carbocycles. The van der Waals surface area contributed by atoms with Gasteiger partial charge in [0.15, 0.2) is 0 Å². The van der Waals surface area contributed by atoms with Crippen molar-refractivity contribution in [2.24, 2.45) is 0 Å². The van der Waals surface area contributed by atoms with E-state index in [9.17, 15) is 4.79 Å². The van der Waals surface area contributed by atoms with Gasteiger partial charge < -0.3 is 9.64 Å². The third kappa shape index (κ3) is 4.25. The lowest BCUT2D eigenvalue weighted by molar-refractivity contribution is -0.149. The van der Waals surface area contributed by atoms with E-state index < -0.39 is 0 Å². The monoisotopic (exact) mass is 384 g/mol. The van der Waals surface area contributed by atoms with Crippen molar-refractivity contribution in [3.05, 3.63) is 34.3 Å². The third-order valence-corrected chi connectivity index (χ3v) is 5.48. The molecule has 2 saturated heterocycles. The number of halogens is 1. The van der Waals surface area contributed by atoms with E-state index in [1.807, 2.05) is 28.8 Å². The van der Waals surface area contributed by atoms with Crippen LogP contribution in [0.1, 0.15) is 5.56 Å². The Kier molecular flexibility index (Phi) is 5.79. The van der Waals surface area contributed by atoms with Gasteiger partial charge in [0.25, 0.3) is 5.91 Å². The number of carbonyl (C=O) groups excluding carboxylic acids is 1. The summed E-state index contributed by atoms with van der Waals surface area (Å²) in [6, 6.07) is 8.34. The molecule has 0 spiro atoms. The zero-order valence-electron chi connectivity index (χ0n) is 12.5. The molecule has 1 aromatic rings. The molecule has 2 aliphatic heterocycles. The minimum atomic E-state index is -0.302. The summed E-state index contributed by atoms with van der Waals surface area (Å²) in [5.74, 6) is 2.25. The molecule has 6 heteroatoms. The summed E-state index contributed by atoms with van der Waals surface area (Å²) in [5.41, 5.74) is 1.26. The molecule has 0 aromatic heterocycles. The van der Waals surface area contributed by atoms with Crippen LogP contribution in [0.3, 0.4) is 0 Å². The fourth-order valence-corrected chi connectivity index (χ4v) is 4.23. The Morgan fingerprint density at radius 1 is 1.32 bits per heavy atom. The van der Waals surface area contributed by atoms with E-state index in [-0.39, 0.29) is 12.0 Å². The summed E-state index contributed by atoms with van der Waals surface area (Å²) >= 11 is 5.42. The molecule has 120 valence electrons. The number of benzene rings is 1. The molecule has 0 radical (unpaired) electrons. The molecule has 2 aliphatic rings. The molecule has 1 aromatic carbocycles. The van der Waals surface area contributed by atoms with Gasteiger partial charge in [-0.15, -0.1) is 0 Å². The molecule has 22 heavy (non-hydrogen) atoms. The SMILES string of the molecule is O=C(C1CN(Cc2cccc(Br)c2)CCO1)N1CCSCC1. The van der Waals surface area contributed by atoms with E-state index in [1.54, 1.807) is 0 Å². The zero-order valence-corrected chi connectivity index (χ0v) is 14.9. The molecule has 1 atom stereocenters. The number of rotatable bonds is 3. The average molecular weight is 385 g/mol. The average Bonchev–Trinajstić information content (AvgIpc) is 2.55. The second kappa shape index (κ2) is 7.81. The summed E-state index contributed by atoms with van der Waals surface area (Å²) < 4.78 is 6.83. The van der Waals surface area contributed by atoms with Gasteiger partial charge in [-0.05, 0) is 17.7 Å². The first-order valence-electron chi connectivity index (χ1n) is 7.67. The van der Waals surface area contributed by atoms with Crippen molar-refractivity contribution in [1.82, 2.24) is 9.80 Å². The minimum Gasteiger partial charge on any atom is -0.366 e. The Labute approximate surface area is 144 Å². The topological polar surface area (TPSA) is 32.8 Å². The summed E-state index contributed by atoms with van der Waals surface area (Å²) in [5, 5.41) is 0. The number of nitrogens with zero attached hydrogens (tertiary/aromatic N) is 2. The number of hydrogen-bond donors (Lipinski definition) is 0. The van der Waals surface area contributed by atoms with Crippen LogP contribution >= 0.6 is 27.7 Å². The molecule has 2 heterocycles. The van der Waals surface area contributed by atoms with Gasteiger partial charge >= 0.3 is 0 Å². The molecule has 1 unspecified atom stereocenters. The summed E-state index contributed by atoms with van der Waals surface area (Å²) in [6.45, 7) is 4.78. The van der Waals surface area contributed by atoms with Gasteiger partial charge in [-0.25, -0.2) is 0 Å². The van der Waals surface area contributed by atoms with Gasteiger partial charge in [0, 0.05) is 48.7 Å². The quantitative estimate of drug-likeness (QED) is 0.799. The predicted molar refractivity (Wildman–Crippen MR) is 93.1 cm³/mol. The maximum absolute atomic E-state index is 12.6. The highest BCUT2D eigenvalue weighted by atomic mass is 79.9. The highest BCUT2D eigenvalue weighted by Crippen LogP contribution is 2.17. The fraction of sp³-hybridized carbons (Fsp3) is 0.562. The van der Waals surface area contributed by atoms with E-state index >= 15 is 0 Å². The number of carbonyl (C=O) groups is 1. The van der Waals surface area contributed by atoms with E-state index in [0.29, 0.717) is 13.2 Å². The number of morpholine rings is 1. The zero-order chi connectivity index (χ0) is 15.4.